The van der Waals surface area contributed by atoms with Crippen LogP contribution in [0.2, 0.25) is 0 Å². The van der Waals surface area contributed by atoms with E-state index in [1.54, 1.807) is 6.92 Å². The highest BCUT2D eigenvalue weighted by molar-refractivity contribution is 6.07. The van der Waals surface area contributed by atoms with Crippen molar-refractivity contribution in [3.63, 3.8) is 0 Å². The van der Waals surface area contributed by atoms with Gasteiger partial charge in [0.25, 0.3) is 5.91 Å². The first-order valence-electron chi connectivity index (χ1n) is 8.89. The van der Waals surface area contributed by atoms with Crippen molar-refractivity contribution in [3.8, 4) is 0 Å². The fraction of sp³-hybridized carbons (Fsp3) is 0.500. The standard InChI is InChI=1S/C20H25NO3/c1-15-17(18(22)21-14-11-16-9-5-4-6-10-16)20(24-19(15)23)12-7-2-3-8-13-20/h4-6,9-10H,2-3,7-8,11-14H2,1H3,(H,21,22). The van der Waals surface area contributed by atoms with E-state index in [2.05, 4.69) is 5.32 Å². The molecule has 4 heteroatoms. The first-order chi connectivity index (χ1) is 11.6. The van der Waals surface area contributed by atoms with Crippen LogP contribution in [0, 0.1) is 0 Å². The van der Waals surface area contributed by atoms with Crippen molar-refractivity contribution in [1.29, 1.82) is 0 Å². The fourth-order valence-corrected chi connectivity index (χ4v) is 3.83. The van der Waals surface area contributed by atoms with Gasteiger partial charge in [-0.15, -0.1) is 0 Å². The van der Waals surface area contributed by atoms with Gasteiger partial charge in [-0.3, -0.25) is 4.79 Å². The average Bonchev–Trinajstić information content (AvgIpc) is 2.72. The Bertz CT molecular complexity index is 640. The number of carbonyl (C=O) groups excluding carboxylic acids is 2. The Morgan fingerprint density at radius 2 is 1.79 bits per heavy atom. The molecule has 0 unspecified atom stereocenters. The molecule has 1 amide bonds. The summed E-state index contributed by atoms with van der Waals surface area (Å²) in [4.78, 5) is 24.9. The van der Waals surface area contributed by atoms with Crippen LogP contribution >= 0.6 is 0 Å². The minimum absolute atomic E-state index is 0.142. The molecular weight excluding hydrogens is 302 g/mol. The van der Waals surface area contributed by atoms with Gasteiger partial charge in [0, 0.05) is 12.1 Å². The second kappa shape index (κ2) is 7.20. The molecule has 24 heavy (non-hydrogen) atoms. The van der Waals surface area contributed by atoms with Crippen molar-refractivity contribution in [1.82, 2.24) is 5.32 Å². The maximum absolute atomic E-state index is 12.8. The van der Waals surface area contributed by atoms with E-state index in [1.165, 1.54) is 5.56 Å². The summed E-state index contributed by atoms with van der Waals surface area (Å²) < 4.78 is 5.71. The maximum Gasteiger partial charge on any atom is 0.335 e. The highest BCUT2D eigenvalue weighted by Gasteiger charge is 2.48. The first-order valence-corrected chi connectivity index (χ1v) is 8.89. The van der Waals surface area contributed by atoms with Crippen molar-refractivity contribution < 1.29 is 14.3 Å². The summed E-state index contributed by atoms with van der Waals surface area (Å²) in [6.07, 6.45) is 6.58. The Labute approximate surface area is 143 Å². The molecular formula is C20H25NO3. The normalized spacial score (nSPS) is 20.0. The third-order valence-electron chi connectivity index (χ3n) is 5.11. The molecule has 0 bridgehead atoms. The Kier molecular flexibility index (Phi) is 5.03. The van der Waals surface area contributed by atoms with Crippen molar-refractivity contribution >= 4 is 11.9 Å². The molecule has 3 rings (SSSR count). The molecule has 1 heterocycles. The molecule has 1 aromatic carbocycles. The average molecular weight is 327 g/mol. The van der Waals surface area contributed by atoms with Gasteiger partial charge in [0.1, 0.15) is 5.60 Å². The molecule has 1 aromatic rings. The van der Waals surface area contributed by atoms with E-state index in [-0.39, 0.29) is 11.9 Å². The number of benzene rings is 1. The smallest absolute Gasteiger partial charge is 0.335 e. The number of amides is 1. The van der Waals surface area contributed by atoms with E-state index in [0.29, 0.717) is 17.7 Å². The maximum atomic E-state index is 12.8. The van der Waals surface area contributed by atoms with E-state index >= 15 is 0 Å². The quantitative estimate of drug-likeness (QED) is 0.863. The minimum atomic E-state index is -0.686. The minimum Gasteiger partial charge on any atom is -0.451 e. The van der Waals surface area contributed by atoms with Gasteiger partial charge in [0.05, 0.1) is 5.57 Å². The number of rotatable bonds is 4. The number of carbonyl (C=O) groups is 2. The molecule has 0 saturated heterocycles. The fourth-order valence-electron chi connectivity index (χ4n) is 3.83. The lowest BCUT2D eigenvalue weighted by Crippen LogP contribution is -2.40. The number of esters is 1. The summed E-state index contributed by atoms with van der Waals surface area (Å²) in [6.45, 7) is 2.28. The molecule has 0 aromatic heterocycles. The summed E-state index contributed by atoms with van der Waals surface area (Å²) in [5, 5.41) is 2.99. The van der Waals surface area contributed by atoms with Crippen LogP contribution in [0.5, 0.6) is 0 Å². The molecule has 1 fully saturated rings. The molecule has 4 nitrogen and oxygen atoms in total. The first kappa shape index (κ1) is 16.7. The van der Waals surface area contributed by atoms with E-state index < -0.39 is 5.60 Å². The highest BCUT2D eigenvalue weighted by atomic mass is 16.6. The van der Waals surface area contributed by atoms with Gasteiger partial charge < -0.3 is 10.1 Å². The largest absolute Gasteiger partial charge is 0.451 e. The molecule has 0 radical (unpaired) electrons. The van der Waals surface area contributed by atoms with E-state index in [0.717, 1.165) is 44.9 Å². The van der Waals surface area contributed by atoms with Gasteiger partial charge in [-0.05, 0) is 44.6 Å². The summed E-state index contributed by atoms with van der Waals surface area (Å²) >= 11 is 0. The van der Waals surface area contributed by atoms with Gasteiger partial charge in [0.15, 0.2) is 0 Å². The Hall–Kier alpha value is -2.10. The zero-order valence-electron chi connectivity index (χ0n) is 14.3. The van der Waals surface area contributed by atoms with Crippen molar-refractivity contribution in [2.75, 3.05) is 6.54 Å². The van der Waals surface area contributed by atoms with E-state index in [4.69, 9.17) is 4.74 Å². The number of ether oxygens (including phenoxy) is 1. The topological polar surface area (TPSA) is 55.4 Å². The zero-order chi connectivity index (χ0) is 17.0. The zero-order valence-corrected chi connectivity index (χ0v) is 14.3. The molecule has 1 aliphatic heterocycles. The lowest BCUT2D eigenvalue weighted by molar-refractivity contribution is -0.148. The Balaban J connectivity index is 1.70. The summed E-state index contributed by atoms with van der Waals surface area (Å²) in [6, 6.07) is 10.1. The lowest BCUT2D eigenvalue weighted by atomic mass is 9.84. The lowest BCUT2D eigenvalue weighted by Gasteiger charge is -2.29. The molecule has 128 valence electrons. The van der Waals surface area contributed by atoms with Gasteiger partial charge in [-0.2, -0.15) is 0 Å². The van der Waals surface area contributed by atoms with Crippen molar-refractivity contribution in [3.05, 3.63) is 47.0 Å². The van der Waals surface area contributed by atoms with E-state index in [9.17, 15) is 9.59 Å². The van der Waals surface area contributed by atoms with Crippen LogP contribution in [-0.2, 0) is 20.7 Å². The molecule has 1 spiro atoms. The SMILES string of the molecule is CC1=C(C(=O)NCCc2ccccc2)C2(CCCCCC2)OC1=O. The Morgan fingerprint density at radius 1 is 1.12 bits per heavy atom. The monoisotopic (exact) mass is 327 g/mol. The third kappa shape index (κ3) is 3.37. The van der Waals surface area contributed by atoms with E-state index in [1.807, 2.05) is 30.3 Å². The Morgan fingerprint density at radius 3 is 2.46 bits per heavy atom. The number of hydrogen-bond donors (Lipinski definition) is 1. The molecule has 1 N–H and O–H groups in total. The van der Waals surface area contributed by atoms with Crippen LogP contribution in [0.4, 0.5) is 0 Å². The second-order valence-corrected chi connectivity index (χ2v) is 6.79. The van der Waals surface area contributed by atoms with Crippen LogP contribution in [0.1, 0.15) is 51.0 Å². The van der Waals surface area contributed by atoms with Crippen molar-refractivity contribution in [2.45, 2.75) is 57.5 Å². The summed E-state index contributed by atoms with van der Waals surface area (Å²) in [5.74, 6) is -0.471. The third-order valence-corrected chi connectivity index (χ3v) is 5.11. The molecule has 0 atom stereocenters. The van der Waals surface area contributed by atoms with Crippen LogP contribution in [0.3, 0.4) is 0 Å². The molecule has 1 saturated carbocycles. The molecule has 1 aliphatic carbocycles. The van der Waals surface area contributed by atoms with Crippen molar-refractivity contribution in [2.24, 2.45) is 0 Å². The van der Waals surface area contributed by atoms with Gasteiger partial charge >= 0.3 is 5.97 Å². The van der Waals surface area contributed by atoms with Gasteiger partial charge in [-0.1, -0.05) is 43.2 Å². The highest BCUT2D eigenvalue weighted by Crippen LogP contribution is 2.42. The van der Waals surface area contributed by atoms with Crippen LogP contribution in [0.15, 0.2) is 41.5 Å². The van der Waals surface area contributed by atoms with Crippen LogP contribution in [0.25, 0.3) is 0 Å². The second-order valence-electron chi connectivity index (χ2n) is 6.79. The van der Waals surface area contributed by atoms with Gasteiger partial charge in [0.2, 0.25) is 0 Å². The predicted molar refractivity (Wildman–Crippen MR) is 92.4 cm³/mol. The van der Waals surface area contributed by atoms with Crippen LogP contribution < -0.4 is 5.32 Å². The molecule has 2 aliphatic rings. The summed E-state index contributed by atoms with van der Waals surface area (Å²) in [5.41, 5.74) is 1.55. The van der Waals surface area contributed by atoms with Gasteiger partial charge in [-0.25, -0.2) is 4.79 Å². The van der Waals surface area contributed by atoms with Crippen LogP contribution in [-0.4, -0.2) is 24.0 Å². The number of hydrogen-bond acceptors (Lipinski definition) is 3. The number of nitrogens with one attached hydrogen (secondary N) is 1. The predicted octanol–water partition coefficient (Wildman–Crippen LogP) is 3.31. The summed E-state index contributed by atoms with van der Waals surface area (Å²) in [7, 11) is 0.